The first-order chi connectivity index (χ1) is 10.0. The highest BCUT2D eigenvalue weighted by atomic mass is 16.5. The minimum atomic E-state index is -1.05. The van der Waals surface area contributed by atoms with Crippen molar-refractivity contribution >= 4 is 17.9 Å². The number of carboxylic acids is 1. The zero-order chi connectivity index (χ0) is 15.4. The van der Waals surface area contributed by atoms with Gasteiger partial charge in [0.2, 0.25) is 5.91 Å². The molecule has 2 saturated heterocycles. The van der Waals surface area contributed by atoms with Crippen LogP contribution in [0.15, 0.2) is 0 Å². The van der Waals surface area contributed by atoms with Gasteiger partial charge in [-0.1, -0.05) is 0 Å². The number of morpholine rings is 1. The average molecular weight is 299 g/mol. The Balaban J connectivity index is 1.87. The predicted octanol–water partition coefficient (Wildman–Crippen LogP) is -0.650. The zero-order valence-electron chi connectivity index (χ0n) is 12.1. The third-order valence-corrected chi connectivity index (χ3v) is 4.00. The van der Waals surface area contributed by atoms with Crippen LogP contribution in [0.3, 0.4) is 0 Å². The number of nitrogens with zero attached hydrogens (tertiary/aromatic N) is 2. The van der Waals surface area contributed by atoms with Gasteiger partial charge >= 0.3 is 12.0 Å². The van der Waals surface area contributed by atoms with Gasteiger partial charge in [-0.15, -0.1) is 0 Å². The Labute approximate surface area is 123 Å². The molecule has 2 aliphatic heterocycles. The number of aliphatic carboxylic acids is 1. The summed E-state index contributed by atoms with van der Waals surface area (Å²) >= 11 is 0. The van der Waals surface area contributed by atoms with Crippen molar-refractivity contribution in [3.63, 3.8) is 0 Å². The second-order valence-corrected chi connectivity index (χ2v) is 5.30. The summed E-state index contributed by atoms with van der Waals surface area (Å²) in [5.74, 6) is -1.08. The second kappa shape index (κ2) is 6.75. The van der Waals surface area contributed by atoms with Gasteiger partial charge in [-0.05, 0) is 12.8 Å². The summed E-state index contributed by atoms with van der Waals surface area (Å²) in [6.07, 6.45) is 0.321. The summed E-state index contributed by atoms with van der Waals surface area (Å²) in [7, 11) is 1.61. The zero-order valence-corrected chi connectivity index (χ0v) is 12.1. The van der Waals surface area contributed by atoms with Crippen LogP contribution >= 0.6 is 0 Å². The Morgan fingerprint density at radius 2 is 1.81 bits per heavy atom. The smallest absolute Gasteiger partial charge is 0.334 e. The molecular weight excluding hydrogens is 278 g/mol. The van der Waals surface area contributed by atoms with Gasteiger partial charge in [-0.3, -0.25) is 4.79 Å². The van der Waals surface area contributed by atoms with Crippen LogP contribution in [0.25, 0.3) is 0 Å². The third kappa shape index (κ3) is 3.63. The lowest BCUT2D eigenvalue weighted by atomic mass is 9.96. The molecule has 8 heteroatoms. The third-order valence-electron chi connectivity index (χ3n) is 4.00. The minimum Gasteiger partial charge on any atom is -0.479 e. The monoisotopic (exact) mass is 299 g/mol. The van der Waals surface area contributed by atoms with Crippen molar-refractivity contribution < 1.29 is 24.2 Å². The number of hydrogen-bond donors (Lipinski definition) is 2. The van der Waals surface area contributed by atoms with Crippen LogP contribution in [0.4, 0.5) is 4.79 Å². The highest BCUT2D eigenvalue weighted by molar-refractivity contribution is 5.80. The molecule has 0 aromatic carbocycles. The van der Waals surface area contributed by atoms with E-state index in [0.29, 0.717) is 32.5 Å². The van der Waals surface area contributed by atoms with Crippen molar-refractivity contribution in [3.05, 3.63) is 0 Å². The number of carboxylic acid groups (broad SMARTS) is 1. The molecule has 2 rings (SSSR count). The van der Waals surface area contributed by atoms with Crippen molar-refractivity contribution in [1.29, 1.82) is 0 Å². The van der Waals surface area contributed by atoms with Crippen LogP contribution in [-0.4, -0.2) is 78.8 Å². The molecule has 2 aliphatic rings. The summed E-state index contributed by atoms with van der Waals surface area (Å²) in [6.45, 7) is 1.75. The largest absolute Gasteiger partial charge is 0.479 e. The molecule has 118 valence electrons. The van der Waals surface area contributed by atoms with E-state index in [2.05, 4.69) is 5.32 Å². The van der Waals surface area contributed by atoms with Gasteiger partial charge in [-0.2, -0.15) is 0 Å². The highest BCUT2D eigenvalue weighted by Crippen LogP contribution is 2.19. The van der Waals surface area contributed by atoms with Crippen LogP contribution in [0, 0.1) is 5.92 Å². The molecule has 2 N–H and O–H groups in total. The number of amides is 3. The quantitative estimate of drug-likeness (QED) is 0.706. The van der Waals surface area contributed by atoms with Gasteiger partial charge < -0.3 is 25.0 Å². The summed E-state index contributed by atoms with van der Waals surface area (Å²) in [5, 5.41) is 11.6. The number of hydrogen-bond acceptors (Lipinski definition) is 4. The maximum Gasteiger partial charge on any atom is 0.334 e. The second-order valence-electron chi connectivity index (χ2n) is 5.30. The van der Waals surface area contributed by atoms with Crippen LogP contribution < -0.4 is 5.32 Å². The van der Waals surface area contributed by atoms with E-state index in [0.717, 1.165) is 0 Å². The molecule has 8 nitrogen and oxygen atoms in total. The molecule has 21 heavy (non-hydrogen) atoms. The topological polar surface area (TPSA) is 99.2 Å². The van der Waals surface area contributed by atoms with E-state index in [-0.39, 0.29) is 31.0 Å². The first-order valence-electron chi connectivity index (χ1n) is 7.12. The van der Waals surface area contributed by atoms with E-state index in [9.17, 15) is 14.4 Å². The number of likely N-dealkylation sites (tertiary alicyclic amines) is 1. The molecule has 1 unspecified atom stereocenters. The van der Waals surface area contributed by atoms with Crippen molar-refractivity contribution in [3.8, 4) is 0 Å². The fourth-order valence-corrected chi connectivity index (χ4v) is 2.71. The fourth-order valence-electron chi connectivity index (χ4n) is 2.71. The van der Waals surface area contributed by atoms with Crippen molar-refractivity contribution in [2.45, 2.75) is 18.9 Å². The molecule has 0 bridgehead atoms. The predicted molar refractivity (Wildman–Crippen MR) is 72.7 cm³/mol. The van der Waals surface area contributed by atoms with Gasteiger partial charge in [0.05, 0.1) is 13.2 Å². The Kier molecular flexibility index (Phi) is 5.00. The van der Waals surface area contributed by atoms with Gasteiger partial charge in [0.25, 0.3) is 0 Å². The standard InChI is InChI=1S/C13H21N3O5/c1-14-11(17)9-2-4-15(5-3-9)13(20)16-6-7-21-10(8-16)12(18)19/h9-10H,2-8H2,1H3,(H,14,17)(H,18,19). The molecule has 0 aromatic heterocycles. The Bertz CT molecular complexity index is 420. The summed E-state index contributed by atoms with van der Waals surface area (Å²) in [4.78, 5) is 38.1. The molecular formula is C13H21N3O5. The Morgan fingerprint density at radius 3 is 2.38 bits per heavy atom. The first kappa shape index (κ1) is 15.6. The number of urea groups is 1. The van der Waals surface area contributed by atoms with Gasteiger partial charge in [0.1, 0.15) is 0 Å². The number of rotatable bonds is 2. The molecule has 0 saturated carbocycles. The van der Waals surface area contributed by atoms with Crippen LogP contribution in [0.2, 0.25) is 0 Å². The van der Waals surface area contributed by atoms with E-state index in [1.165, 1.54) is 4.90 Å². The van der Waals surface area contributed by atoms with Crippen molar-refractivity contribution in [2.24, 2.45) is 5.92 Å². The maximum absolute atomic E-state index is 12.4. The van der Waals surface area contributed by atoms with E-state index in [1.807, 2.05) is 0 Å². The number of piperidine rings is 1. The lowest BCUT2D eigenvalue weighted by molar-refractivity contribution is -0.154. The number of carbonyl (C=O) groups excluding carboxylic acids is 2. The summed E-state index contributed by atoms with van der Waals surface area (Å²) < 4.78 is 5.11. The van der Waals surface area contributed by atoms with Gasteiger partial charge in [-0.25, -0.2) is 9.59 Å². The molecule has 1 atom stereocenters. The van der Waals surface area contributed by atoms with E-state index >= 15 is 0 Å². The van der Waals surface area contributed by atoms with Crippen molar-refractivity contribution in [2.75, 3.05) is 39.8 Å². The number of carbonyl (C=O) groups is 3. The lowest BCUT2D eigenvalue weighted by Gasteiger charge is -2.37. The molecule has 0 aromatic rings. The Morgan fingerprint density at radius 1 is 1.14 bits per heavy atom. The van der Waals surface area contributed by atoms with E-state index in [1.54, 1.807) is 11.9 Å². The molecule has 0 spiro atoms. The summed E-state index contributed by atoms with van der Waals surface area (Å²) in [5.41, 5.74) is 0. The van der Waals surface area contributed by atoms with E-state index in [4.69, 9.17) is 9.84 Å². The molecule has 2 fully saturated rings. The molecule has 3 amide bonds. The minimum absolute atomic E-state index is 0.0133. The highest BCUT2D eigenvalue weighted by Gasteiger charge is 2.33. The fraction of sp³-hybridized carbons (Fsp3) is 0.769. The molecule has 2 heterocycles. The lowest BCUT2D eigenvalue weighted by Crippen LogP contribution is -2.54. The Hall–Kier alpha value is -1.83. The first-order valence-corrected chi connectivity index (χ1v) is 7.12. The van der Waals surface area contributed by atoms with Gasteiger partial charge in [0.15, 0.2) is 6.10 Å². The number of ether oxygens (including phenoxy) is 1. The normalized spacial score (nSPS) is 23.8. The van der Waals surface area contributed by atoms with Crippen molar-refractivity contribution in [1.82, 2.24) is 15.1 Å². The maximum atomic E-state index is 12.4. The van der Waals surface area contributed by atoms with Crippen LogP contribution in [0.5, 0.6) is 0 Å². The van der Waals surface area contributed by atoms with Gasteiger partial charge in [0, 0.05) is 32.6 Å². The number of nitrogens with one attached hydrogen (secondary N) is 1. The summed E-state index contributed by atoms with van der Waals surface area (Å²) in [6, 6.07) is -0.167. The molecule has 0 aliphatic carbocycles. The van der Waals surface area contributed by atoms with Crippen LogP contribution in [0.1, 0.15) is 12.8 Å². The van der Waals surface area contributed by atoms with Crippen LogP contribution in [-0.2, 0) is 14.3 Å². The average Bonchev–Trinajstić information content (AvgIpc) is 2.53. The molecule has 0 radical (unpaired) electrons. The SMILES string of the molecule is CNC(=O)C1CCN(C(=O)N2CCOC(C(=O)O)C2)CC1. The van der Waals surface area contributed by atoms with E-state index < -0.39 is 12.1 Å².